The van der Waals surface area contributed by atoms with Crippen molar-refractivity contribution in [3.63, 3.8) is 0 Å². The van der Waals surface area contributed by atoms with E-state index in [1.807, 2.05) is 21.1 Å². The highest BCUT2D eigenvalue weighted by molar-refractivity contribution is 7.45. The molecule has 0 heterocycles. The summed E-state index contributed by atoms with van der Waals surface area (Å²) in [5.74, 6) is -0.808. The molecule has 2 unspecified atom stereocenters. The number of hydrogen-bond acceptors (Lipinski definition) is 8. The summed E-state index contributed by atoms with van der Waals surface area (Å²) in [4.78, 5) is 38.1. The number of phosphoric ester groups is 1. The number of carbonyl (C=O) groups is 2. The Morgan fingerprint density at radius 3 is 0.941 bits per heavy atom. The molecule has 0 aromatic rings. The van der Waals surface area contributed by atoms with Gasteiger partial charge in [0.2, 0.25) is 0 Å². The van der Waals surface area contributed by atoms with Gasteiger partial charge in [-0.1, -0.05) is 352 Å². The van der Waals surface area contributed by atoms with Gasteiger partial charge < -0.3 is 27.9 Å². The molecule has 0 aromatic carbocycles. The first-order chi connectivity index (χ1) is 41.5. The third kappa shape index (κ3) is 71.2. The lowest BCUT2D eigenvalue weighted by atomic mass is 10.0. The van der Waals surface area contributed by atoms with Crippen molar-refractivity contribution in [3.8, 4) is 0 Å². The number of nitrogens with zero attached hydrogens (tertiary/aromatic N) is 1. The molecule has 9 nitrogen and oxygen atoms in total. The van der Waals surface area contributed by atoms with Crippen molar-refractivity contribution in [1.82, 2.24) is 0 Å². The molecule has 0 fully saturated rings. The van der Waals surface area contributed by atoms with Crippen molar-refractivity contribution in [1.29, 1.82) is 0 Å². The van der Waals surface area contributed by atoms with Crippen molar-refractivity contribution in [3.05, 3.63) is 36.5 Å². The van der Waals surface area contributed by atoms with Gasteiger partial charge in [-0.05, 0) is 51.4 Å². The number of quaternary nitrogens is 1. The maximum Gasteiger partial charge on any atom is 0.306 e. The molecular formula is C75H144NO8P. The molecule has 0 aromatic heterocycles. The second kappa shape index (κ2) is 66.6. The van der Waals surface area contributed by atoms with E-state index in [0.717, 1.165) is 44.9 Å². The lowest BCUT2D eigenvalue weighted by molar-refractivity contribution is -0.870. The molecule has 10 heteroatoms. The van der Waals surface area contributed by atoms with E-state index in [1.54, 1.807) is 0 Å². The summed E-state index contributed by atoms with van der Waals surface area (Å²) in [5.41, 5.74) is 0. The number of unbranched alkanes of at least 4 members (excludes halogenated alkanes) is 50. The number of esters is 2. The van der Waals surface area contributed by atoms with Crippen molar-refractivity contribution in [2.45, 2.75) is 386 Å². The third-order valence-corrected chi connectivity index (χ3v) is 17.9. The van der Waals surface area contributed by atoms with Gasteiger partial charge in [0.05, 0.1) is 27.7 Å². The van der Waals surface area contributed by atoms with Gasteiger partial charge in [0.25, 0.3) is 7.82 Å². The molecule has 0 bridgehead atoms. The first kappa shape index (κ1) is 83.2. The summed E-state index contributed by atoms with van der Waals surface area (Å²) < 4.78 is 34.4. The van der Waals surface area contributed by atoms with E-state index < -0.39 is 26.5 Å². The SMILES string of the molecule is CCCCCCC/C=C\C/C=C\C/C=C\CCCCCCCCCCCCCCCCCCCCCCCCC(=O)OC(COC(=O)CCCCCCCCCCCCCCCCCCCCCCCCCC)COP(=O)([O-])OCC[N+](C)(C)C. The van der Waals surface area contributed by atoms with Gasteiger partial charge in [0.15, 0.2) is 6.10 Å². The summed E-state index contributed by atoms with van der Waals surface area (Å²) in [6.45, 7) is 4.31. The number of rotatable bonds is 70. The molecule has 0 aliphatic carbocycles. The minimum Gasteiger partial charge on any atom is -0.756 e. The molecule has 0 aliphatic heterocycles. The Balaban J connectivity index is 3.93. The molecule has 0 N–H and O–H groups in total. The summed E-state index contributed by atoms with van der Waals surface area (Å²) in [5, 5.41) is 0. The monoisotopic (exact) mass is 1220 g/mol. The molecule has 0 aliphatic rings. The van der Waals surface area contributed by atoms with Crippen LogP contribution in [0.4, 0.5) is 0 Å². The standard InChI is InChI=1S/C75H144NO8P/c1-6-8-10-12-14-16-18-20-22-24-26-28-30-32-33-34-35-36-37-38-39-40-41-42-43-44-46-48-50-52-54-56-58-60-62-64-66-68-75(78)84-73(72-83-85(79,80)82-70-69-76(3,4)5)71-81-74(77)67-65-63-61-59-57-55-53-51-49-47-45-31-29-27-25-23-21-19-17-15-13-11-9-7-2/h18,20,24,26,30,32,73H,6-17,19,21-23,25,27-29,31,33-72H2,1-5H3/b20-18-,26-24-,32-30-. The van der Waals surface area contributed by atoms with Gasteiger partial charge in [-0.3, -0.25) is 14.2 Å². The highest BCUT2D eigenvalue weighted by Gasteiger charge is 2.22. The molecule has 0 radical (unpaired) electrons. The Kier molecular flexibility index (Phi) is 65.3. The summed E-state index contributed by atoms with van der Waals surface area (Å²) in [6.07, 6.45) is 85.3. The van der Waals surface area contributed by atoms with Gasteiger partial charge in [-0.25, -0.2) is 0 Å². The second-order valence-corrected chi connectivity index (χ2v) is 28.1. The Morgan fingerprint density at radius 2 is 0.635 bits per heavy atom. The third-order valence-electron chi connectivity index (χ3n) is 16.9. The fourth-order valence-electron chi connectivity index (χ4n) is 11.2. The van der Waals surface area contributed by atoms with Crippen LogP contribution in [0.3, 0.4) is 0 Å². The lowest BCUT2D eigenvalue weighted by Gasteiger charge is -2.28. The number of likely N-dealkylation sites (N-methyl/N-ethyl adjacent to an activating group) is 1. The van der Waals surface area contributed by atoms with E-state index in [1.165, 1.54) is 302 Å². The van der Waals surface area contributed by atoms with Crippen LogP contribution in [0.5, 0.6) is 0 Å². The van der Waals surface area contributed by atoms with Crippen LogP contribution in [-0.2, 0) is 32.7 Å². The quantitative estimate of drug-likeness (QED) is 0.0195. The fraction of sp³-hybridized carbons (Fsp3) is 0.893. The highest BCUT2D eigenvalue weighted by Crippen LogP contribution is 2.38. The normalized spacial score (nSPS) is 13.2. The Morgan fingerprint density at radius 1 is 0.365 bits per heavy atom. The maximum absolute atomic E-state index is 12.9. The predicted molar refractivity (Wildman–Crippen MR) is 365 cm³/mol. The highest BCUT2D eigenvalue weighted by atomic mass is 31.2. The van der Waals surface area contributed by atoms with E-state index in [4.69, 9.17) is 18.5 Å². The van der Waals surface area contributed by atoms with Crippen LogP contribution in [0.2, 0.25) is 0 Å². The number of ether oxygens (including phenoxy) is 2. The zero-order valence-corrected chi connectivity index (χ0v) is 58.2. The van der Waals surface area contributed by atoms with E-state index in [0.29, 0.717) is 17.4 Å². The minimum atomic E-state index is -4.64. The van der Waals surface area contributed by atoms with Crippen LogP contribution in [-0.4, -0.2) is 70.0 Å². The van der Waals surface area contributed by atoms with Crippen molar-refractivity contribution < 1.29 is 42.1 Å². The predicted octanol–water partition coefficient (Wildman–Crippen LogP) is 23.6. The van der Waals surface area contributed by atoms with E-state index in [9.17, 15) is 19.0 Å². The molecule has 0 rings (SSSR count). The molecule has 0 saturated carbocycles. The molecule has 0 amide bonds. The van der Waals surface area contributed by atoms with E-state index in [2.05, 4.69) is 50.3 Å². The smallest absolute Gasteiger partial charge is 0.306 e. The van der Waals surface area contributed by atoms with E-state index >= 15 is 0 Å². The molecule has 85 heavy (non-hydrogen) atoms. The first-order valence-electron chi connectivity index (χ1n) is 37.2. The topological polar surface area (TPSA) is 111 Å². The van der Waals surface area contributed by atoms with Crippen LogP contribution in [0, 0.1) is 0 Å². The zero-order chi connectivity index (χ0) is 61.9. The minimum absolute atomic E-state index is 0.0270. The first-order valence-corrected chi connectivity index (χ1v) is 38.7. The summed E-state index contributed by atoms with van der Waals surface area (Å²) in [7, 11) is 1.19. The van der Waals surface area contributed by atoms with Crippen molar-refractivity contribution >= 4 is 19.8 Å². The van der Waals surface area contributed by atoms with Crippen LogP contribution in [0.1, 0.15) is 380 Å². The summed E-state index contributed by atoms with van der Waals surface area (Å²) >= 11 is 0. The summed E-state index contributed by atoms with van der Waals surface area (Å²) in [6, 6.07) is 0. The fourth-order valence-corrected chi connectivity index (χ4v) is 11.9. The zero-order valence-electron chi connectivity index (χ0n) is 57.3. The Labute approximate surface area is 529 Å². The second-order valence-electron chi connectivity index (χ2n) is 26.7. The number of carbonyl (C=O) groups excluding carboxylic acids is 2. The van der Waals surface area contributed by atoms with Crippen molar-refractivity contribution in [2.75, 3.05) is 47.5 Å². The van der Waals surface area contributed by atoms with E-state index in [-0.39, 0.29) is 32.0 Å². The average Bonchev–Trinajstić information content (AvgIpc) is 3.50. The van der Waals surface area contributed by atoms with Gasteiger partial charge in [0, 0.05) is 12.8 Å². The number of phosphoric acid groups is 1. The van der Waals surface area contributed by atoms with Crippen LogP contribution in [0.25, 0.3) is 0 Å². The Bertz CT molecular complexity index is 1530. The van der Waals surface area contributed by atoms with Crippen molar-refractivity contribution in [2.24, 2.45) is 0 Å². The molecular weight excluding hydrogens is 1070 g/mol. The Hall–Kier alpha value is -1.77. The number of hydrogen-bond donors (Lipinski definition) is 0. The largest absolute Gasteiger partial charge is 0.756 e. The van der Waals surface area contributed by atoms with Gasteiger partial charge >= 0.3 is 11.9 Å². The molecule has 0 saturated heterocycles. The molecule has 502 valence electrons. The van der Waals surface area contributed by atoms with Crippen LogP contribution in [0.15, 0.2) is 36.5 Å². The average molecular weight is 1220 g/mol. The maximum atomic E-state index is 12.9. The molecule has 2 atom stereocenters. The van der Waals surface area contributed by atoms with Gasteiger partial charge in [0.1, 0.15) is 19.8 Å². The molecule has 0 spiro atoms. The lowest BCUT2D eigenvalue weighted by Crippen LogP contribution is -2.37. The van der Waals surface area contributed by atoms with Gasteiger partial charge in [-0.15, -0.1) is 0 Å². The van der Waals surface area contributed by atoms with Crippen LogP contribution >= 0.6 is 7.82 Å². The van der Waals surface area contributed by atoms with Gasteiger partial charge in [-0.2, -0.15) is 0 Å². The number of allylic oxidation sites excluding steroid dienone is 6. The van der Waals surface area contributed by atoms with Crippen LogP contribution < -0.4 is 4.89 Å².